The molecule has 1 N–H and O–H groups in total. The van der Waals surface area contributed by atoms with E-state index in [9.17, 15) is 4.79 Å². The number of hydrogen-bond acceptors (Lipinski definition) is 5. The summed E-state index contributed by atoms with van der Waals surface area (Å²) in [5.41, 5.74) is 2.08. The second kappa shape index (κ2) is 7.40. The zero-order valence-electron chi connectivity index (χ0n) is 15.4. The van der Waals surface area contributed by atoms with Crippen LogP contribution in [-0.2, 0) is 0 Å². The monoisotopic (exact) mass is 374 g/mol. The fraction of sp³-hybridized carbons (Fsp3) is 0.0952. The van der Waals surface area contributed by atoms with Crippen LogP contribution in [0.1, 0.15) is 10.4 Å². The minimum atomic E-state index is -0.168. The molecule has 1 amide bonds. The van der Waals surface area contributed by atoms with Crippen molar-refractivity contribution in [3.05, 3.63) is 72.7 Å². The Morgan fingerprint density at radius 3 is 2.68 bits per heavy atom. The molecular weight excluding hydrogens is 356 g/mol. The highest BCUT2D eigenvalue weighted by atomic mass is 16.5. The molecule has 140 valence electrons. The number of benzene rings is 2. The summed E-state index contributed by atoms with van der Waals surface area (Å²) in [6.45, 7) is 0. The highest BCUT2D eigenvalue weighted by Gasteiger charge is 2.11. The summed E-state index contributed by atoms with van der Waals surface area (Å²) in [4.78, 5) is 16.3. The maximum atomic E-state index is 12.0. The summed E-state index contributed by atoms with van der Waals surface area (Å²) < 4.78 is 13.3. The van der Waals surface area contributed by atoms with Gasteiger partial charge in [0.25, 0.3) is 5.91 Å². The van der Waals surface area contributed by atoms with Crippen molar-refractivity contribution in [2.24, 2.45) is 0 Å². The van der Waals surface area contributed by atoms with Crippen LogP contribution in [-0.4, -0.2) is 34.8 Å². The Kier molecular flexibility index (Phi) is 4.63. The van der Waals surface area contributed by atoms with Gasteiger partial charge in [0.05, 0.1) is 18.3 Å². The SMILES string of the molecule is CNC(=O)c1ccc2nccc(Oc3cc(OC)cc(-n4cccn4)c3)c2c1. The van der Waals surface area contributed by atoms with Crippen LogP contribution in [0.4, 0.5) is 0 Å². The Labute approximate surface area is 161 Å². The predicted molar refractivity (Wildman–Crippen MR) is 105 cm³/mol. The minimum Gasteiger partial charge on any atom is -0.497 e. The van der Waals surface area contributed by atoms with E-state index in [-0.39, 0.29) is 5.91 Å². The van der Waals surface area contributed by atoms with Crippen LogP contribution in [0, 0.1) is 0 Å². The molecule has 2 heterocycles. The smallest absolute Gasteiger partial charge is 0.251 e. The van der Waals surface area contributed by atoms with Crippen molar-refractivity contribution < 1.29 is 14.3 Å². The first-order chi connectivity index (χ1) is 13.7. The largest absolute Gasteiger partial charge is 0.497 e. The minimum absolute atomic E-state index is 0.168. The lowest BCUT2D eigenvalue weighted by Crippen LogP contribution is -2.17. The van der Waals surface area contributed by atoms with Crippen molar-refractivity contribution in [3.8, 4) is 22.9 Å². The summed E-state index contributed by atoms with van der Waals surface area (Å²) in [5, 5.41) is 7.62. The number of nitrogens with zero attached hydrogens (tertiary/aromatic N) is 3. The first-order valence-electron chi connectivity index (χ1n) is 8.66. The Morgan fingerprint density at radius 1 is 1.07 bits per heavy atom. The number of carbonyl (C=O) groups excluding carboxylic acids is 1. The molecule has 0 atom stereocenters. The highest BCUT2D eigenvalue weighted by Crippen LogP contribution is 2.32. The maximum absolute atomic E-state index is 12.0. The molecular formula is C21H18N4O3. The van der Waals surface area contributed by atoms with Crippen LogP contribution in [0.5, 0.6) is 17.2 Å². The van der Waals surface area contributed by atoms with E-state index in [1.54, 1.807) is 61.6 Å². The molecule has 0 aliphatic rings. The summed E-state index contributed by atoms with van der Waals surface area (Å²) in [7, 11) is 3.20. The van der Waals surface area contributed by atoms with Gasteiger partial charge in [0.15, 0.2) is 0 Å². The van der Waals surface area contributed by atoms with Crippen LogP contribution < -0.4 is 14.8 Å². The average molecular weight is 374 g/mol. The second-order valence-corrected chi connectivity index (χ2v) is 6.04. The lowest BCUT2D eigenvalue weighted by molar-refractivity contribution is 0.0963. The number of aromatic nitrogens is 3. The third-order valence-corrected chi connectivity index (χ3v) is 4.29. The van der Waals surface area contributed by atoms with Gasteiger partial charge in [-0.2, -0.15) is 5.10 Å². The first kappa shape index (κ1) is 17.5. The molecule has 0 spiro atoms. The van der Waals surface area contributed by atoms with Crippen molar-refractivity contribution in [3.63, 3.8) is 0 Å². The number of amides is 1. The van der Waals surface area contributed by atoms with E-state index in [4.69, 9.17) is 9.47 Å². The number of methoxy groups -OCH3 is 1. The van der Waals surface area contributed by atoms with E-state index in [0.717, 1.165) is 16.6 Å². The fourth-order valence-corrected chi connectivity index (χ4v) is 2.91. The van der Waals surface area contributed by atoms with Crippen molar-refractivity contribution >= 4 is 16.8 Å². The number of nitrogens with one attached hydrogen (secondary N) is 1. The number of fused-ring (bicyclic) bond motifs is 1. The van der Waals surface area contributed by atoms with E-state index >= 15 is 0 Å². The van der Waals surface area contributed by atoms with E-state index in [0.29, 0.717) is 22.8 Å². The van der Waals surface area contributed by atoms with E-state index < -0.39 is 0 Å². The standard InChI is InChI=1S/C21H18N4O3/c1-22-21(26)14-4-5-19-18(10-14)20(6-8-23-19)28-17-12-15(11-16(13-17)27-2)25-9-3-7-24-25/h3-13H,1-2H3,(H,22,26). The van der Waals surface area contributed by atoms with Crippen molar-refractivity contribution in [2.45, 2.75) is 0 Å². The van der Waals surface area contributed by atoms with Crippen molar-refractivity contribution in [1.82, 2.24) is 20.1 Å². The number of pyridine rings is 1. The molecule has 7 heteroatoms. The second-order valence-electron chi connectivity index (χ2n) is 6.04. The lowest BCUT2D eigenvalue weighted by Gasteiger charge is -2.12. The summed E-state index contributed by atoms with van der Waals surface area (Å²) in [5.74, 6) is 1.66. The predicted octanol–water partition coefficient (Wildman–Crippen LogP) is 3.58. The van der Waals surface area contributed by atoms with E-state index in [2.05, 4.69) is 15.4 Å². The third-order valence-electron chi connectivity index (χ3n) is 4.29. The zero-order valence-corrected chi connectivity index (χ0v) is 15.4. The zero-order chi connectivity index (χ0) is 19.5. The molecule has 0 saturated heterocycles. The Balaban J connectivity index is 1.77. The molecule has 0 fully saturated rings. The van der Waals surface area contributed by atoms with Gasteiger partial charge in [-0.3, -0.25) is 9.78 Å². The molecule has 28 heavy (non-hydrogen) atoms. The van der Waals surface area contributed by atoms with Crippen LogP contribution in [0.25, 0.3) is 16.6 Å². The normalized spacial score (nSPS) is 10.6. The fourth-order valence-electron chi connectivity index (χ4n) is 2.91. The molecule has 0 aliphatic carbocycles. The number of carbonyl (C=O) groups is 1. The topological polar surface area (TPSA) is 78.3 Å². The molecule has 0 radical (unpaired) electrons. The molecule has 0 unspecified atom stereocenters. The molecule has 2 aromatic heterocycles. The van der Waals surface area contributed by atoms with Crippen molar-refractivity contribution in [2.75, 3.05) is 14.2 Å². The van der Waals surface area contributed by atoms with E-state index in [1.807, 2.05) is 24.4 Å². The van der Waals surface area contributed by atoms with Crippen LogP contribution in [0.3, 0.4) is 0 Å². The maximum Gasteiger partial charge on any atom is 0.251 e. The Bertz CT molecular complexity index is 1140. The van der Waals surface area contributed by atoms with Gasteiger partial charge in [0.2, 0.25) is 0 Å². The quantitative estimate of drug-likeness (QED) is 0.578. The summed E-state index contributed by atoms with van der Waals surface area (Å²) in [6.07, 6.45) is 5.22. The number of rotatable bonds is 5. The van der Waals surface area contributed by atoms with Crippen LogP contribution in [0.15, 0.2) is 67.1 Å². The molecule has 4 rings (SSSR count). The van der Waals surface area contributed by atoms with Crippen LogP contribution in [0.2, 0.25) is 0 Å². The number of ether oxygens (including phenoxy) is 2. The van der Waals surface area contributed by atoms with Gasteiger partial charge >= 0.3 is 0 Å². The van der Waals surface area contributed by atoms with E-state index in [1.165, 1.54) is 0 Å². The highest BCUT2D eigenvalue weighted by molar-refractivity contribution is 5.99. The van der Waals surface area contributed by atoms with Gasteiger partial charge in [-0.15, -0.1) is 0 Å². The van der Waals surface area contributed by atoms with Crippen LogP contribution >= 0.6 is 0 Å². The molecule has 2 aromatic carbocycles. The molecule has 7 nitrogen and oxygen atoms in total. The Morgan fingerprint density at radius 2 is 1.93 bits per heavy atom. The summed E-state index contributed by atoms with van der Waals surface area (Å²) >= 11 is 0. The molecule has 4 aromatic rings. The first-order valence-corrected chi connectivity index (χ1v) is 8.66. The van der Waals surface area contributed by atoms with Gasteiger partial charge in [-0.05, 0) is 30.3 Å². The summed E-state index contributed by atoms with van der Waals surface area (Å²) in [6, 6.07) is 14.4. The van der Waals surface area contributed by atoms with Gasteiger partial charge in [-0.1, -0.05) is 0 Å². The average Bonchev–Trinajstić information content (AvgIpc) is 3.28. The van der Waals surface area contributed by atoms with Crippen molar-refractivity contribution in [1.29, 1.82) is 0 Å². The van der Waals surface area contributed by atoms with Gasteiger partial charge in [-0.25, -0.2) is 4.68 Å². The third kappa shape index (κ3) is 3.37. The lowest BCUT2D eigenvalue weighted by atomic mass is 10.1. The molecule has 0 saturated carbocycles. The molecule has 0 aliphatic heterocycles. The van der Waals surface area contributed by atoms with Gasteiger partial charge in [0.1, 0.15) is 17.2 Å². The number of hydrogen-bond donors (Lipinski definition) is 1. The van der Waals surface area contributed by atoms with Gasteiger partial charge < -0.3 is 14.8 Å². The molecule has 0 bridgehead atoms. The van der Waals surface area contributed by atoms with Gasteiger partial charge in [0, 0.05) is 54.8 Å². The Hall–Kier alpha value is -3.87.